The van der Waals surface area contributed by atoms with Crippen molar-refractivity contribution in [1.29, 1.82) is 0 Å². The Labute approximate surface area is 176 Å². The van der Waals surface area contributed by atoms with Crippen LogP contribution in [-0.4, -0.2) is 59.7 Å². The summed E-state index contributed by atoms with van der Waals surface area (Å²) in [4.78, 5) is 21.8. The maximum absolute atomic E-state index is 13.2. The van der Waals surface area contributed by atoms with Crippen molar-refractivity contribution in [3.8, 4) is 0 Å². The van der Waals surface area contributed by atoms with Gasteiger partial charge in [-0.05, 0) is 30.7 Å². The maximum atomic E-state index is 13.2. The Balaban J connectivity index is 1.59. The lowest BCUT2D eigenvalue weighted by atomic mass is 9.90. The molecule has 7 heteroatoms. The molecule has 1 saturated heterocycles. The number of aliphatic hydroxyl groups is 1. The standard InChI is InChI=1S/C23H29FN4O2/c1-15-12-27(9-8-25-15)13-20(29)28-14-23(2,3)22-19(28)10-17(11-26-22)21(30)16-4-6-18(24)7-5-16/h4-7,10-11,15,21,25,30H,8-9,12-14H2,1-3H3. The normalized spacial score (nSPS) is 22.0. The van der Waals surface area contributed by atoms with Gasteiger partial charge in [0.25, 0.3) is 0 Å². The Morgan fingerprint density at radius 2 is 2.07 bits per heavy atom. The van der Waals surface area contributed by atoms with Gasteiger partial charge in [-0.3, -0.25) is 14.7 Å². The van der Waals surface area contributed by atoms with Crippen LogP contribution in [0.25, 0.3) is 0 Å². The molecule has 6 nitrogen and oxygen atoms in total. The van der Waals surface area contributed by atoms with Crippen molar-refractivity contribution in [3.05, 3.63) is 59.2 Å². The van der Waals surface area contributed by atoms with Crippen LogP contribution < -0.4 is 10.2 Å². The van der Waals surface area contributed by atoms with Gasteiger partial charge in [-0.15, -0.1) is 0 Å². The van der Waals surface area contributed by atoms with Crippen LogP contribution in [0.2, 0.25) is 0 Å². The Kier molecular flexibility index (Phi) is 5.61. The van der Waals surface area contributed by atoms with Gasteiger partial charge in [0.05, 0.1) is 17.9 Å². The van der Waals surface area contributed by atoms with E-state index in [9.17, 15) is 14.3 Å². The van der Waals surface area contributed by atoms with E-state index in [2.05, 4.69) is 36.0 Å². The third-order valence-electron chi connectivity index (χ3n) is 5.99. The lowest BCUT2D eigenvalue weighted by molar-refractivity contribution is -0.120. The van der Waals surface area contributed by atoms with E-state index in [4.69, 9.17) is 0 Å². The topological polar surface area (TPSA) is 68.7 Å². The number of nitrogens with one attached hydrogen (secondary N) is 1. The molecule has 2 atom stereocenters. The van der Waals surface area contributed by atoms with Crippen molar-refractivity contribution in [2.75, 3.05) is 37.6 Å². The number of anilines is 1. The molecule has 2 aromatic rings. The van der Waals surface area contributed by atoms with E-state index in [1.54, 1.807) is 23.2 Å². The zero-order valence-electron chi connectivity index (χ0n) is 17.7. The summed E-state index contributed by atoms with van der Waals surface area (Å²) in [5.41, 5.74) is 2.53. The number of hydrogen-bond donors (Lipinski definition) is 2. The fraction of sp³-hybridized carbons (Fsp3) is 0.478. The Morgan fingerprint density at radius 1 is 1.33 bits per heavy atom. The molecule has 0 aliphatic carbocycles. The van der Waals surface area contributed by atoms with E-state index in [1.165, 1.54) is 12.1 Å². The second-order valence-electron chi connectivity index (χ2n) is 9.04. The van der Waals surface area contributed by atoms with Gasteiger partial charge < -0.3 is 15.3 Å². The molecule has 4 rings (SSSR count). The van der Waals surface area contributed by atoms with Gasteiger partial charge in [0.2, 0.25) is 5.91 Å². The van der Waals surface area contributed by atoms with Crippen molar-refractivity contribution >= 4 is 11.6 Å². The number of amides is 1. The lowest BCUT2D eigenvalue weighted by Gasteiger charge is -2.32. The fourth-order valence-corrected chi connectivity index (χ4v) is 4.39. The summed E-state index contributed by atoms with van der Waals surface area (Å²) in [6, 6.07) is 7.99. The van der Waals surface area contributed by atoms with Crippen molar-refractivity contribution in [1.82, 2.24) is 15.2 Å². The Bertz CT molecular complexity index is 931. The number of aromatic nitrogens is 1. The molecule has 1 aromatic carbocycles. The number of hydrogen-bond acceptors (Lipinski definition) is 5. The van der Waals surface area contributed by atoms with Gasteiger partial charge in [-0.2, -0.15) is 0 Å². The van der Waals surface area contributed by atoms with Crippen LogP contribution >= 0.6 is 0 Å². The second kappa shape index (κ2) is 8.06. The quantitative estimate of drug-likeness (QED) is 0.806. The molecule has 0 spiro atoms. The highest BCUT2D eigenvalue weighted by Crippen LogP contribution is 2.40. The van der Waals surface area contributed by atoms with E-state index in [0.29, 0.717) is 30.3 Å². The largest absolute Gasteiger partial charge is 0.384 e. The SMILES string of the molecule is CC1CN(CC(=O)N2CC(C)(C)c3ncc(C(O)c4ccc(F)cc4)cc32)CCN1. The van der Waals surface area contributed by atoms with Gasteiger partial charge in [0, 0.05) is 49.4 Å². The first kappa shape index (κ1) is 20.9. The second-order valence-corrected chi connectivity index (χ2v) is 9.04. The van der Waals surface area contributed by atoms with E-state index >= 15 is 0 Å². The van der Waals surface area contributed by atoms with Gasteiger partial charge in [0.15, 0.2) is 0 Å². The number of carbonyl (C=O) groups is 1. The van der Waals surface area contributed by atoms with E-state index in [0.717, 1.165) is 31.0 Å². The molecule has 3 heterocycles. The number of nitrogens with zero attached hydrogens (tertiary/aromatic N) is 3. The molecule has 2 unspecified atom stereocenters. The molecule has 1 amide bonds. The molecule has 0 bridgehead atoms. The highest BCUT2D eigenvalue weighted by molar-refractivity contribution is 5.97. The van der Waals surface area contributed by atoms with Crippen LogP contribution in [-0.2, 0) is 10.2 Å². The lowest BCUT2D eigenvalue weighted by Crippen LogP contribution is -2.52. The van der Waals surface area contributed by atoms with Crippen molar-refractivity contribution < 1.29 is 14.3 Å². The smallest absolute Gasteiger partial charge is 0.241 e. The predicted molar refractivity (Wildman–Crippen MR) is 114 cm³/mol. The van der Waals surface area contributed by atoms with E-state index in [-0.39, 0.29) is 17.1 Å². The van der Waals surface area contributed by atoms with Crippen molar-refractivity contribution in [2.45, 2.75) is 38.3 Å². The molecular weight excluding hydrogens is 383 g/mol. The molecule has 2 aliphatic rings. The predicted octanol–water partition coefficient (Wildman–Crippen LogP) is 2.22. The number of pyridine rings is 1. The van der Waals surface area contributed by atoms with Crippen LogP contribution in [0.5, 0.6) is 0 Å². The molecule has 0 radical (unpaired) electrons. The first-order valence-electron chi connectivity index (χ1n) is 10.4. The number of piperazine rings is 1. The third kappa shape index (κ3) is 4.10. The van der Waals surface area contributed by atoms with Gasteiger partial charge in [0.1, 0.15) is 11.9 Å². The minimum atomic E-state index is -0.932. The van der Waals surface area contributed by atoms with Crippen LogP contribution in [0.4, 0.5) is 10.1 Å². The van der Waals surface area contributed by atoms with Crippen LogP contribution in [0.1, 0.15) is 43.7 Å². The first-order chi connectivity index (χ1) is 14.2. The number of aliphatic hydroxyl groups excluding tert-OH is 1. The summed E-state index contributed by atoms with van der Waals surface area (Å²) in [6.07, 6.45) is 0.721. The Morgan fingerprint density at radius 3 is 2.77 bits per heavy atom. The van der Waals surface area contributed by atoms with E-state index < -0.39 is 6.10 Å². The summed E-state index contributed by atoms with van der Waals surface area (Å²) >= 11 is 0. The fourth-order valence-electron chi connectivity index (χ4n) is 4.39. The molecule has 1 aromatic heterocycles. The number of benzene rings is 1. The molecular formula is C23H29FN4O2. The van der Waals surface area contributed by atoms with Crippen molar-refractivity contribution in [2.24, 2.45) is 0 Å². The van der Waals surface area contributed by atoms with Gasteiger partial charge >= 0.3 is 0 Å². The minimum Gasteiger partial charge on any atom is -0.384 e. The summed E-state index contributed by atoms with van der Waals surface area (Å²) < 4.78 is 13.2. The van der Waals surface area contributed by atoms with Crippen molar-refractivity contribution in [3.63, 3.8) is 0 Å². The summed E-state index contributed by atoms with van der Waals surface area (Å²) in [5.74, 6) is -0.301. The maximum Gasteiger partial charge on any atom is 0.241 e. The van der Waals surface area contributed by atoms with E-state index in [1.807, 2.05) is 6.07 Å². The van der Waals surface area contributed by atoms with Gasteiger partial charge in [-0.25, -0.2) is 4.39 Å². The van der Waals surface area contributed by atoms with Gasteiger partial charge in [-0.1, -0.05) is 26.0 Å². The zero-order chi connectivity index (χ0) is 21.5. The summed E-state index contributed by atoms with van der Waals surface area (Å²) in [7, 11) is 0. The number of fused-ring (bicyclic) bond motifs is 1. The average Bonchev–Trinajstić information content (AvgIpc) is 2.99. The number of carbonyl (C=O) groups excluding carboxylic acids is 1. The molecule has 2 aliphatic heterocycles. The van der Waals surface area contributed by atoms with Crippen LogP contribution in [0.15, 0.2) is 36.5 Å². The highest BCUT2D eigenvalue weighted by Gasteiger charge is 2.40. The average molecular weight is 413 g/mol. The summed E-state index contributed by atoms with van der Waals surface area (Å²) in [6.45, 7) is 9.78. The van der Waals surface area contributed by atoms with Crippen LogP contribution in [0, 0.1) is 5.82 Å². The van der Waals surface area contributed by atoms with Crippen LogP contribution in [0.3, 0.4) is 0 Å². The minimum absolute atomic E-state index is 0.0474. The first-order valence-corrected chi connectivity index (χ1v) is 10.4. The highest BCUT2D eigenvalue weighted by atomic mass is 19.1. The zero-order valence-corrected chi connectivity index (χ0v) is 17.7. The third-order valence-corrected chi connectivity index (χ3v) is 5.99. The Hall–Kier alpha value is -2.35. The molecule has 0 saturated carbocycles. The molecule has 160 valence electrons. The molecule has 1 fully saturated rings. The molecule has 30 heavy (non-hydrogen) atoms. The number of rotatable bonds is 4. The summed E-state index contributed by atoms with van der Waals surface area (Å²) in [5, 5.41) is 14.2. The number of halogens is 1. The molecule has 2 N–H and O–H groups in total. The monoisotopic (exact) mass is 412 g/mol.